The highest BCUT2D eigenvalue weighted by Crippen LogP contribution is 2.26. The largest absolute Gasteiger partial charge is 0.342 e. The van der Waals surface area contributed by atoms with Crippen molar-refractivity contribution < 1.29 is 10.1 Å². The molecule has 2 aromatic carbocycles. The Bertz CT molecular complexity index is 1010. The zero-order chi connectivity index (χ0) is 20.9. The number of likely N-dealkylation sites (tertiary alicyclic amines) is 1. The van der Waals surface area contributed by atoms with Crippen molar-refractivity contribution in [2.24, 2.45) is 0 Å². The minimum Gasteiger partial charge on any atom is -0.342 e. The van der Waals surface area contributed by atoms with E-state index in [1.54, 1.807) is 0 Å². The first-order valence-corrected chi connectivity index (χ1v) is 11.0. The average Bonchev–Trinajstić information content (AvgIpc) is 3.35. The van der Waals surface area contributed by atoms with E-state index in [1.165, 1.54) is 11.1 Å². The SMILES string of the molecule is Cc1ccc(-c2nn(-c3ccccc3Cl)cc2C[NH2+]CCCN2CCCC2=O)cc1. The van der Waals surface area contributed by atoms with Gasteiger partial charge in [0.2, 0.25) is 5.91 Å². The number of carbonyl (C=O) groups excluding carboxylic acids is 1. The van der Waals surface area contributed by atoms with Crippen LogP contribution in [0.25, 0.3) is 16.9 Å². The van der Waals surface area contributed by atoms with Gasteiger partial charge in [-0.2, -0.15) is 5.10 Å². The number of benzene rings is 2. The van der Waals surface area contributed by atoms with Gasteiger partial charge < -0.3 is 10.2 Å². The molecule has 0 bridgehead atoms. The Labute approximate surface area is 182 Å². The number of quaternary nitrogens is 1. The number of halogens is 1. The van der Waals surface area contributed by atoms with Gasteiger partial charge in [0, 0.05) is 37.7 Å². The summed E-state index contributed by atoms with van der Waals surface area (Å²) in [6.45, 7) is 5.68. The number of nitrogens with zero attached hydrogens (tertiary/aromatic N) is 3. The highest BCUT2D eigenvalue weighted by molar-refractivity contribution is 6.32. The lowest BCUT2D eigenvalue weighted by Gasteiger charge is -2.14. The molecule has 2 N–H and O–H groups in total. The second kappa shape index (κ2) is 9.45. The molecule has 6 heteroatoms. The van der Waals surface area contributed by atoms with E-state index < -0.39 is 0 Å². The standard InChI is InChI=1S/C24H27ClN4O/c1-18-9-11-19(12-10-18)24-20(16-26-13-5-15-28-14-4-8-23(28)30)17-29(27-24)22-7-3-2-6-21(22)25/h2-3,6-7,9-12,17,26H,4-5,8,13-16H2,1H3/p+1. The van der Waals surface area contributed by atoms with Crippen molar-refractivity contribution >= 4 is 17.5 Å². The van der Waals surface area contributed by atoms with Crippen LogP contribution in [0.5, 0.6) is 0 Å². The number of rotatable bonds is 8. The first-order valence-electron chi connectivity index (χ1n) is 10.6. The van der Waals surface area contributed by atoms with Gasteiger partial charge in [-0.3, -0.25) is 4.79 Å². The Morgan fingerprint density at radius 2 is 1.93 bits per heavy atom. The molecular weight excluding hydrogens is 396 g/mol. The Balaban J connectivity index is 1.48. The minimum atomic E-state index is 0.303. The van der Waals surface area contributed by atoms with Crippen LogP contribution in [0.4, 0.5) is 0 Å². The van der Waals surface area contributed by atoms with Gasteiger partial charge in [-0.1, -0.05) is 53.6 Å². The van der Waals surface area contributed by atoms with E-state index in [0.29, 0.717) is 17.4 Å². The van der Waals surface area contributed by atoms with Crippen LogP contribution < -0.4 is 5.32 Å². The molecule has 1 aliphatic heterocycles. The number of aromatic nitrogens is 2. The molecule has 0 radical (unpaired) electrons. The third-order valence-corrected chi connectivity index (χ3v) is 5.91. The van der Waals surface area contributed by atoms with E-state index in [-0.39, 0.29) is 0 Å². The number of nitrogens with two attached hydrogens (primary N) is 1. The van der Waals surface area contributed by atoms with Crippen LogP contribution >= 0.6 is 11.6 Å². The maximum atomic E-state index is 11.7. The summed E-state index contributed by atoms with van der Waals surface area (Å²) in [6.07, 6.45) is 4.80. The van der Waals surface area contributed by atoms with Gasteiger partial charge in [-0.25, -0.2) is 4.68 Å². The van der Waals surface area contributed by atoms with E-state index >= 15 is 0 Å². The van der Waals surface area contributed by atoms with Gasteiger partial charge >= 0.3 is 0 Å². The third kappa shape index (κ3) is 4.74. The smallest absolute Gasteiger partial charge is 0.222 e. The van der Waals surface area contributed by atoms with Crippen LogP contribution in [0.2, 0.25) is 5.02 Å². The van der Waals surface area contributed by atoms with Crippen LogP contribution in [0.3, 0.4) is 0 Å². The number of para-hydroxylation sites is 1. The van der Waals surface area contributed by atoms with Crippen LogP contribution in [0.15, 0.2) is 54.7 Å². The average molecular weight is 424 g/mol. The summed E-state index contributed by atoms with van der Waals surface area (Å²) in [4.78, 5) is 13.7. The molecule has 30 heavy (non-hydrogen) atoms. The molecule has 0 saturated carbocycles. The lowest BCUT2D eigenvalue weighted by Crippen LogP contribution is -2.82. The van der Waals surface area contributed by atoms with Crippen LogP contribution in [-0.2, 0) is 11.3 Å². The maximum absolute atomic E-state index is 11.7. The summed E-state index contributed by atoms with van der Waals surface area (Å²) >= 11 is 6.41. The monoisotopic (exact) mass is 423 g/mol. The van der Waals surface area contributed by atoms with Crippen LogP contribution in [-0.4, -0.2) is 40.2 Å². The van der Waals surface area contributed by atoms with Gasteiger partial charge in [-0.15, -0.1) is 0 Å². The fourth-order valence-electron chi connectivity index (χ4n) is 3.90. The molecule has 0 unspecified atom stereocenters. The summed E-state index contributed by atoms with van der Waals surface area (Å²) in [5.74, 6) is 0.303. The zero-order valence-electron chi connectivity index (χ0n) is 17.4. The molecule has 3 aromatic rings. The molecule has 1 saturated heterocycles. The molecule has 2 heterocycles. The second-order valence-electron chi connectivity index (χ2n) is 7.88. The molecule has 1 aliphatic rings. The van der Waals surface area contributed by atoms with Crippen molar-refractivity contribution in [1.82, 2.24) is 14.7 Å². The number of amides is 1. The van der Waals surface area contributed by atoms with Crippen molar-refractivity contribution in [3.63, 3.8) is 0 Å². The second-order valence-corrected chi connectivity index (χ2v) is 8.29. The molecule has 0 atom stereocenters. The third-order valence-electron chi connectivity index (χ3n) is 5.59. The molecule has 5 nitrogen and oxygen atoms in total. The zero-order valence-corrected chi connectivity index (χ0v) is 18.1. The highest BCUT2D eigenvalue weighted by atomic mass is 35.5. The lowest BCUT2D eigenvalue weighted by molar-refractivity contribution is -0.670. The fraction of sp³-hybridized carbons (Fsp3) is 0.333. The Morgan fingerprint density at radius 1 is 1.13 bits per heavy atom. The summed E-state index contributed by atoms with van der Waals surface area (Å²) in [6, 6.07) is 16.2. The molecule has 0 spiro atoms. The van der Waals surface area contributed by atoms with E-state index in [2.05, 4.69) is 42.7 Å². The summed E-state index contributed by atoms with van der Waals surface area (Å²) in [5.41, 5.74) is 5.38. The molecular formula is C24H28ClN4O+. The lowest BCUT2D eigenvalue weighted by atomic mass is 10.1. The Hall–Kier alpha value is -2.63. The predicted octanol–water partition coefficient (Wildman–Crippen LogP) is 3.58. The minimum absolute atomic E-state index is 0.303. The Morgan fingerprint density at radius 3 is 2.67 bits per heavy atom. The normalized spacial score (nSPS) is 13.9. The topological polar surface area (TPSA) is 54.7 Å². The van der Waals surface area contributed by atoms with E-state index in [1.807, 2.05) is 33.8 Å². The van der Waals surface area contributed by atoms with Crippen molar-refractivity contribution in [2.75, 3.05) is 19.6 Å². The number of carbonyl (C=O) groups is 1. The number of aryl methyl sites for hydroxylation is 1. The highest BCUT2D eigenvalue weighted by Gasteiger charge is 2.19. The maximum Gasteiger partial charge on any atom is 0.222 e. The van der Waals surface area contributed by atoms with Gasteiger partial charge in [0.1, 0.15) is 12.2 Å². The molecule has 4 rings (SSSR count). The summed E-state index contributed by atoms with van der Waals surface area (Å²) in [5, 5.41) is 7.85. The quantitative estimate of drug-likeness (QED) is 0.563. The van der Waals surface area contributed by atoms with Crippen molar-refractivity contribution in [2.45, 2.75) is 32.7 Å². The van der Waals surface area contributed by atoms with Gasteiger partial charge in [0.25, 0.3) is 0 Å². The first-order chi connectivity index (χ1) is 14.6. The summed E-state index contributed by atoms with van der Waals surface area (Å²) in [7, 11) is 0. The predicted molar refractivity (Wildman–Crippen MR) is 120 cm³/mol. The van der Waals surface area contributed by atoms with E-state index in [0.717, 1.165) is 56.0 Å². The van der Waals surface area contributed by atoms with Crippen molar-refractivity contribution in [1.29, 1.82) is 0 Å². The van der Waals surface area contributed by atoms with Crippen LogP contribution in [0, 0.1) is 6.92 Å². The molecule has 1 fully saturated rings. The molecule has 1 aromatic heterocycles. The summed E-state index contributed by atoms with van der Waals surface area (Å²) < 4.78 is 1.88. The van der Waals surface area contributed by atoms with Gasteiger partial charge in [-0.05, 0) is 25.5 Å². The molecule has 156 valence electrons. The fourth-order valence-corrected chi connectivity index (χ4v) is 4.12. The van der Waals surface area contributed by atoms with Crippen molar-refractivity contribution in [3.05, 3.63) is 70.9 Å². The molecule has 0 aliphatic carbocycles. The van der Waals surface area contributed by atoms with Gasteiger partial charge in [0.15, 0.2) is 0 Å². The van der Waals surface area contributed by atoms with Crippen LogP contribution in [0.1, 0.15) is 30.4 Å². The Kier molecular flexibility index (Phi) is 6.50. The van der Waals surface area contributed by atoms with E-state index in [4.69, 9.17) is 16.7 Å². The van der Waals surface area contributed by atoms with Crippen molar-refractivity contribution in [3.8, 4) is 16.9 Å². The number of hydrogen-bond acceptors (Lipinski definition) is 2. The molecule has 1 amide bonds. The first kappa shape index (κ1) is 20.6. The van der Waals surface area contributed by atoms with Gasteiger partial charge in [0.05, 0.1) is 22.8 Å². The number of hydrogen-bond donors (Lipinski definition) is 1. The van der Waals surface area contributed by atoms with E-state index in [9.17, 15) is 4.79 Å².